The summed E-state index contributed by atoms with van der Waals surface area (Å²) in [5.74, 6) is 1.01. The van der Waals surface area contributed by atoms with E-state index < -0.39 is 9.84 Å². The predicted octanol–water partition coefficient (Wildman–Crippen LogP) is 0.876. The molecule has 1 saturated heterocycles. The van der Waals surface area contributed by atoms with Crippen molar-refractivity contribution in [1.82, 2.24) is 0 Å². The van der Waals surface area contributed by atoms with Crippen LogP contribution >= 0.6 is 0 Å². The van der Waals surface area contributed by atoms with Crippen LogP contribution in [0.15, 0.2) is 18.2 Å². The molecule has 1 aliphatic heterocycles. The summed E-state index contributed by atoms with van der Waals surface area (Å²) in [6.45, 7) is 0. The lowest BCUT2D eigenvalue weighted by Gasteiger charge is -2.16. The van der Waals surface area contributed by atoms with Crippen molar-refractivity contribution in [2.24, 2.45) is 0 Å². The number of rotatable bonds is 3. The Balaban J connectivity index is 2.15. The molecule has 0 saturated carbocycles. The average Bonchev–Trinajstić information content (AvgIpc) is 2.61. The van der Waals surface area contributed by atoms with Gasteiger partial charge in [-0.05, 0) is 18.6 Å². The molecule has 3 N–H and O–H groups in total. The van der Waals surface area contributed by atoms with Crippen molar-refractivity contribution in [3.63, 3.8) is 0 Å². The Kier molecular flexibility index (Phi) is 3.15. The van der Waals surface area contributed by atoms with Crippen molar-refractivity contribution in [2.75, 3.05) is 29.7 Å². The molecule has 94 valence electrons. The molecule has 1 atom stereocenters. The highest BCUT2D eigenvalue weighted by atomic mass is 32.2. The fraction of sp³-hybridized carbons (Fsp3) is 0.455. The molecule has 17 heavy (non-hydrogen) atoms. The molecule has 1 heterocycles. The fourth-order valence-electron chi connectivity index (χ4n) is 1.98. The minimum Gasteiger partial charge on any atom is -0.495 e. The van der Waals surface area contributed by atoms with Crippen LogP contribution in [0.4, 0.5) is 11.4 Å². The van der Waals surface area contributed by atoms with Crippen LogP contribution in [0.5, 0.6) is 5.75 Å². The number of hydrogen-bond acceptors (Lipinski definition) is 5. The van der Waals surface area contributed by atoms with Crippen molar-refractivity contribution < 1.29 is 13.2 Å². The molecular weight excluding hydrogens is 240 g/mol. The average molecular weight is 256 g/mol. The summed E-state index contributed by atoms with van der Waals surface area (Å²) in [7, 11) is -1.33. The first-order valence-corrected chi connectivity index (χ1v) is 7.23. The van der Waals surface area contributed by atoms with Crippen LogP contribution in [0.25, 0.3) is 0 Å². The molecule has 0 aliphatic carbocycles. The highest BCUT2D eigenvalue weighted by Crippen LogP contribution is 2.30. The maximum atomic E-state index is 11.3. The minimum absolute atomic E-state index is 0.0607. The van der Waals surface area contributed by atoms with E-state index in [1.807, 2.05) is 12.1 Å². The van der Waals surface area contributed by atoms with Gasteiger partial charge in [0.15, 0.2) is 9.84 Å². The van der Waals surface area contributed by atoms with Gasteiger partial charge in [-0.25, -0.2) is 8.42 Å². The number of nitrogens with two attached hydrogens (primary N) is 1. The third kappa shape index (κ3) is 2.63. The molecule has 1 fully saturated rings. The van der Waals surface area contributed by atoms with E-state index in [1.165, 1.54) is 0 Å². The van der Waals surface area contributed by atoms with Gasteiger partial charge >= 0.3 is 0 Å². The molecule has 0 aromatic heterocycles. The fourth-order valence-corrected chi connectivity index (χ4v) is 3.65. The second-order valence-electron chi connectivity index (χ2n) is 4.17. The molecule has 1 aromatic carbocycles. The molecule has 0 amide bonds. The minimum atomic E-state index is -2.88. The molecule has 0 radical (unpaired) electrons. The predicted molar refractivity (Wildman–Crippen MR) is 68.1 cm³/mol. The summed E-state index contributed by atoms with van der Waals surface area (Å²) < 4.78 is 27.8. The first-order chi connectivity index (χ1) is 8.02. The van der Waals surface area contributed by atoms with Gasteiger partial charge in [0, 0.05) is 6.04 Å². The van der Waals surface area contributed by atoms with Gasteiger partial charge in [-0.2, -0.15) is 0 Å². The Morgan fingerprint density at radius 3 is 2.82 bits per heavy atom. The number of ether oxygens (including phenoxy) is 1. The Labute approximate surface area is 101 Å². The van der Waals surface area contributed by atoms with E-state index in [0.717, 1.165) is 5.69 Å². The quantitative estimate of drug-likeness (QED) is 0.784. The van der Waals surface area contributed by atoms with Crippen molar-refractivity contribution in [1.29, 1.82) is 0 Å². The summed E-state index contributed by atoms with van der Waals surface area (Å²) in [6, 6.07) is 5.35. The van der Waals surface area contributed by atoms with Gasteiger partial charge in [0.1, 0.15) is 5.75 Å². The second-order valence-corrected chi connectivity index (χ2v) is 6.39. The molecule has 1 aliphatic rings. The first-order valence-electron chi connectivity index (χ1n) is 5.41. The van der Waals surface area contributed by atoms with Gasteiger partial charge in [0.2, 0.25) is 0 Å². The SMILES string of the molecule is COc1cccc(NC2CCS(=O)(=O)C2)c1N. The zero-order chi connectivity index (χ0) is 12.5. The number of methoxy groups -OCH3 is 1. The van der Waals surface area contributed by atoms with Gasteiger partial charge in [0.05, 0.1) is 30.0 Å². The summed E-state index contributed by atoms with van der Waals surface area (Å²) in [6.07, 6.45) is 0.624. The standard InChI is InChI=1S/C11H16N2O3S/c1-16-10-4-2-3-9(11(10)12)13-8-5-6-17(14,15)7-8/h2-4,8,13H,5-7,12H2,1H3. The Morgan fingerprint density at radius 2 is 2.24 bits per heavy atom. The maximum Gasteiger partial charge on any atom is 0.152 e. The lowest BCUT2D eigenvalue weighted by molar-refractivity contribution is 0.417. The molecule has 0 bridgehead atoms. The Morgan fingerprint density at radius 1 is 1.47 bits per heavy atom. The summed E-state index contributed by atoms with van der Waals surface area (Å²) in [5, 5.41) is 3.16. The number of hydrogen-bond donors (Lipinski definition) is 2. The molecule has 6 heteroatoms. The molecule has 1 unspecified atom stereocenters. The van der Waals surface area contributed by atoms with Crippen molar-refractivity contribution in [3.05, 3.63) is 18.2 Å². The van der Waals surface area contributed by atoms with E-state index in [0.29, 0.717) is 17.9 Å². The third-order valence-corrected chi connectivity index (χ3v) is 4.65. The molecule has 1 aromatic rings. The summed E-state index contributed by atoms with van der Waals surface area (Å²) in [4.78, 5) is 0. The number of para-hydroxylation sites is 1. The van der Waals surface area contributed by atoms with Gasteiger partial charge in [-0.3, -0.25) is 0 Å². The second kappa shape index (κ2) is 4.44. The lowest BCUT2D eigenvalue weighted by Crippen LogP contribution is -2.21. The molecule has 0 spiro atoms. The number of nitrogen functional groups attached to an aromatic ring is 1. The van der Waals surface area contributed by atoms with Crippen LogP contribution in [-0.4, -0.2) is 33.1 Å². The number of nitrogens with one attached hydrogen (secondary N) is 1. The third-order valence-electron chi connectivity index (χ3n) is 2.88. The van der Waals surface area contributed by atoms with E-state index in [2.05, 4.69) is 5.32 Å². The van der Waals surface area contributed by atoms with Crippen molar-refractivity contribution in [3.8, 4) is 5.75 Å². The normalized spacial score (nSPS) is 22.3. The van der Waals surface area contributed by atoms with Crippen LogP contribution in [0.3, 0.4) is 0 Å². The topological polar surface area (TPSA) is 81.4 Å². The molecule has 2 rings (SSSR count). The van der Waals surface area contributed by atoms with Crippen LogP contribution in [0, 0.1) is 0 Å². The zero-order valence-electron chi connectivity index (χ0n) is 9.64. The van der Waals surface area contributed by atoms with Crippen LogP contribution in [0.1, 0.15) is 6.42 Å². The van der Waals surface area contributed by atoms with Crippen molar-refractivity contribution >= 4 is 21.2 Å². The van der Waals surface area contributed by atoms with Crippen LogP contribution in [0.2, 0.25) is 0 Å². The number of anilines is 2. The number of benzene rings is 1. The summed E-state index contributed by atoms with van der Waals surface area (Å²) >= 11 is 0. The summed E-state index contributed by atoms with van der Waals surface area (Å²) in [5.41, 5.74) is 7.14. The highest BCUT2D eigenvalue weighted by Gasteiger charge is 2.28. The van der Waals surface area contributed by atoms with E-state index in [9.17, 15) is 8.42 Å². The van der Waals surface area contributed by atoms with E-state index in [1.54, 1.807) is 13.2 Å². The Hall–Kier alpha value is -1.43. The lowest BCUT2D eigenvalue weighted by atomic mass is 10.2. The van der Waals surface area contributed by atoms with E-state index in [-0.39, 0.29) is 17.5 Å². The monoisotopic (exact) mass is 256 g/mol. The highest BCUT2D eigenvalue weighted by molar-refractivity contribution is 7.91. The maximum absolute atomic E-state index is 11.3. The largest absolute Gasteiger partial charge is 0.495 e. The van der Waals surface area contributed by atoms with E-state index in [4.69, 9.17) is 10.5 Å². The number of sulfone groups is 1. The smallest absolute Gasteiger partial charge is 0.152 e. The molecular formula is C11H16N2O3S. The van der Waals surface area contributed by atoms with Gasteiger partial charge in [-0.15, -0.1) is 0 Å². The Bertz CT molecular complexity index is 513. The van der Waals surface area contributed by atoms with E-state index >= 15 is 0 Å². The van der Waals surface area contributed by atoms with Crippen molar-refractivity contribution in [2.45, 2.75) is 12.5 Å². The van der Waals surface area contributed by atoms with Gasteiger partial charge < -0.3 is 15.8 Å². The first kappa shape index (κ1) is 12.0. The molecule has 5 nitrogen and oxygen atoms in total. The van der Waals surface area contributed by atoms with Gasteiger partial charge in [0.25, 0.3) is 0 Å². The van der Waals surface area contributed by atoms with Crippen LogP contribution < -0.4 is 15.8 Å². The van der Waals surface area contributed by atoms with Gasteiger partial charge in [-0.1, -0.05) is 6.07 Å². The van der Waals surface area contributed by atoms with Crippen LogP contribution in [-0.2, 0) is 9.84 Å². The zero-order valence-corrected chi connectivity index (χ0v) is 10.5.